The van der Waals surface area contributed by atoms with E-state index in [0.717, 1.165) is 47.5 Å². The second kappa shape index (κ2) is 18.6. The van der Waals surface area contributed by atoms with E-state index in [2.05, 4.69) is 66.3 Å². The van der Waals surface area contributed by atoms with Crippen molar-refractivity contribution in [3.8, 4) is 11.1 Å². The number of para-hydroxylation sites is 1. The maximum absolute atomic E-state index is 12.1. The van der Waals surface area contributed by atoms with E-state index in [4.69, 9.17) is 0 Å². The summed E-state index contributed by atoms with van der Waals surface area (Å²) in [5.41, 5.74) is 7.58. The lowest BCUT2D eigenvalue weighted by Crippen LogP contribution is -2.41. The highest BCUT2D eigenvalue weighted by molar-refractivity contribution is 7.87. The molecule has 0 spiro atoms. The van der Waals surface area contributed by atoms with Gasteiger partial charge in [-0.1, -0.05) is 146 Å². The monoisotopic (exact) mass is 748 g/mol. The fourth-order valence-corrected chi connectivity index (χ4v) is 7.17. The molecule has 0 fully saturated rings. The Balaban J connectivity index is 0.000000350. The molecule has 0 atom stereocenters. The molecule has 0 aliphatic carbocycles. The third kappa shape index (κ3) is 11.2. The summed E-state index contributed by atoms with van der Waals surface area (Å²) in [5, 5.41) is 0. The topological polar surface area (TPSA) is 86.7 Å². The van der Waals surface area contributed by atoms with Gasteiger partial charge in [-0.05, 0) is 64.6 Å². The van der Waals surface area contributed by atoms with Crippen molar-refractivity contribution in [2.45, 2.75) is 16.7 Å². The molecule has 0 aliphatic rings. The van der Waals surface area contributed by atoms with Crippen molar-refractivity contribution in [3.63, 3.8) is 0 Å². The summed E-state index contributed by atoms with van der Waals surface area (Å²) in [5.74, 6) is 0. The minimum absolute atomic E-state index is 0.119. The molecule has 0 heterocycles. The molecule has 53 heavy (non-hydrogen) atoms. The summed E-state index contributed by atoms with van der Waals surface area (Å²) in [4.78, 5) is 0.238. The van der Waals surface area contributed by atoms with Crippen molar-refractivity contribution in [1.82, 2.24) is 4.48 Å². The number of hydrogen-bond donors (Lipinski definition) is 0. The zero-order valence-corrected chi connectivity index (χ0v) is 32.3. The Morgan fingerprint density at radius 2 is 0.981 bits per heavy atom. The van der Waals surface area contributed by atoms with Gasteiger partial charge in [0.1, 0.15) is 22.0 Å². The summed E-state index contributed by atoms with van der Waals surface area (Å²) in [6.07, 6.45) is 11.3. The van der Waals surface area contributed by atoms with Gasteiger partial charge in [-0.2, -0.15) is 16.8 Å². The average Bonchev–Trinajstić information content (AvgIpc) is 3.19. The van der Waals surface area contributed by atoms with Crippen molar-refractivity contribution in [2.24, 2.45) is 0 Å². The van der Waals surface area contributed by atoms with E-state index >= 15 is 0 Å². The van der Waals surface area contributed by atoms with Crippen LogP contribution in [0.5, 0.6) is 0 Å². The highest BCUT2D eigenvalue weighted by atomic mass is 32.2. The van der Waals surface area contributed by atoms with Crippen molar-refractivity contribution < 1.29 is 25.2 Å². The predicted octanol–water partition coefficient (Wildman–Crippen LogP) is 9.75. The van der Waals surface area contributed by atoms with Crippen LogP contribution in [0.1, 0.15) is 29.2 Å². The molecule has 0 bridgehead atoms. The van der Waals surface area contributed by atoms with Gasteiger partial charge in [-0.25, -0.2) is 0 Å². The minimum Gasteiger partial charge on any atom is -0.292 e. The van der Waals surface area contributed by atoms with Crippen LogP contribution in [0.3, 0.4) is 0 Å². The Bertz CT molecular complexity index is 2160. The van der Waals surface area contributed by atoms with Crippen molar-refractivity contribution in [3.05, 3.63) is 174 Å². The molecule has 0 N–H and O–H groups in total. The van der Waals surface area contributed by atoms with Crippen LogP contribution in [0.15, 0.2) is 161 Å². The minimum atomic E-state index is -3.80. The van der Waals surface area contributed by atoms with Gasteiger partial charge >= 0.3 is 0 Å². The van der Waals surface area contributed by atoms with Crippen LogP contribution < -0.4 is 4.48 Å². The van der Waals surface area contributed by atoms with Crippen molar-refractivity contribution in [2.75, 3.05) is 34.9 Å². The summed E-state index contributed by atoms with van der Waals surface area (Å²) < 4.78 is 58.8. The normalized spacial score (nSPS) is 12.4. The molecular weight excluding hydrogens is 703 g/mol. The molecule has 0 saturated carbocycles. The number of hydrogen-bond acceptors (Lipinski definition) is 6. The van der Waals surface area contributed by atoms with Gasteiger partial charge < -0.3 is 0 Å². The van der Waals surface area contributed by atoms with E-state index in [9.17, 15) is 16.8 Å². The molecule has 0 saturated heterocycles. The third-order valence-corrected chi connectivity index (χ3v) is 11.2. The largest absolute Gasteiger partial charge is 0.297 e. The van der Waals surface area contributed by atoms with Gasteiger partial charge in [0, 0.05) is 5.57 Å². The zero-order chi connectivity index (χ0) is 38.5. The van der Waals surface area contributed by atoms with Gasteiger partial charge in [0.15, 0.2) is 0 Å². The molecule has 5 aromatic carbocycles. The maximum atomic E-state index is 12.1. The molecule has 0 aliphatic heterocycles. The van der Waals surface area contributed by atoms with Gasteiger partial charge in [0.25, 0.3) is 20.2 Å². The smallest absolute Gasteiger partial charge is 0.292 e. The first-order valence-corrected chi connectivity index (χ1v) is 19.7. The van der Waals surface area contributed by atoms with Crippen LogP contribution in [0, 0.1) is 0 Å². The first kappa shape index (κ1) is 40.6. The standard InChI is InChI=1S/C30H26O6S2.C14H20N/c1-35-37(31,32)29-9-5-3-7-27(29)21-15-23-11-17-25(18-12-23)26-19-13-24(14-20-26)16-22-28-8-4-6-10-30(28)38(33,34)36-2;1-5-13(6-2)12-15(3,4)14-10-8-7-9-11-14/h3-22H,1-2H3;5-11H,1,12H2,2-4H3/q;+1/b21-15+,22-16+;13-6+. The second-order valence-corrected chi connectivity index (χ2v) is 15.8. The van der Waals surface area contributed by atoms with Crippen LogP contribution in [-0.2, 0) is 28.6 Å². The summed E-state index contributed by atoms with van der Waals surface area (Å²) in [6, 6.07) is 39.7. The summed E-state index contributed by atoms with van der Waals surface area (Å²) in [6.45, 7) is 6.87. The maximum Gasteiger partial charge on any atom is 0.297 e. The Kier molecular flexibility index (Phi) is 14.2. The highest BCUT2D eigenvalue weighted by Crippen LogP contribution is 2.25. The molecule has 5 rings (SSSR count). The number of likely N-dealkylation sites (N-methyl/N-ethyl adjacent to an activating group) is 1. The van der Waals surface area contributed by atoms with Crippen molar-refractivity contribution in [1.29, 1.82) is 0 Å². The van der Waals surface area contributed by atoms with E-state index in [0.29, 0.717) is 11.1 Å². The quantitative estimate of drug-likeness (QED) is 0.0516. The lowest BCUT2D eigenvalue weighted by Gasteiger charge is -2.29. The molecular formula is C44H46NO6S2+. The highest BCUT2D eigenvalue weighted by Gasteiger charge is 2.19. The molecule has 5 aromatic rings. The van der Waals surface area contributed by atoms with E-state index in [-0.39, 0.29) is 9.79 Å². The predicted molar refractivity (Wildman–Crippen MR) is 220 cm³/mol. The fraction of sp³-hybridized carbons (Fsp3) is 0.136. The molecule has 0 aromatic heterocycles. The Morgan fingerprint density at radius 1 is 0.585 bits per heavy atom. The van der Waals surface area contributed by atoms with Crippen LogP contribution in [0.2, 0.25) is 0 Å². The third-order valence-electron chi connectivity index (χ3n) is 8.55. The number of quaternary nitrogens is 1. The molecule has 0 amide bonds. The van der Waals surface area contributed by atoms with Gasteiger partial charge in [0.05, 0.1) is 28.3 Å². The summed E-state index contributed by atoms with van der Waals surface area (Å²) >= 11 is 0. The van der Waals surface area contributed by atoms with Gasteiger partial charge in [0.2, 0.25) is 0 Å². The molecule has 0 unspecified atom stereocenters. The van der Waals surface area contributed by atoms with Crippen LogP contribution in [0.25, 0.3) is 35.4 Å². The Labute approximate surface area is 315 Å². The first-order valence-electron chi connectivity index (χ1n) is 16.9. The molecule has 0 radical (unpaired) electrons. The van der Waals surface area contributed by atoms with Crippen LogP contribution in [0.4, 0.5) is 5.69 Å². The van der Waals surface area contributed by atoms with E-state index in [1.165, 1.54) is 23.4 Å². The number of benzene rings is 5. The number of rotatable bonds is 13. The second-order valence-electron chi connectivity index (χ2n) is 12.5. The molecule has 9 heteroatoms. The van der Waals surface area contributed by atoms with Crippen LogP contribution >= 0.6 is 0 Å². The summed E-state index contributed by atoms with van der Waals surface area (Å²) in [7, 11) is -0.885. The lowest BCUT2D eigenvalue weighted by molar-refractivity contribution is 0.396. The molecule has 274 valence electrons. The average molecular weight is 749 g/mol. The Hall–Kier alpha value is -5.16. The first-order chi connectivity index (χ1) is 25.3. The van der Waals surface area contributed by atoms with Gasteiger partial charge in [-0.3, -0.25) is 12.8 Å². The van der Waals surface area contributed by atoms with E-state index in [1.807, 2.05) is 72.8 Å². The number of allylic oxidation sites excluding steroid dienone is 1. The van der Waals surface area contributed by atoms with Crippen LogP contribution in [-0.4, -0.2) is 51.7 Å². The zero-order valence-electron chi connectivity index (χ0n) is 30.7. The van der Waals surface area contributed by atoms with E-state index in [1.54, 1.807) is 48.6 Å². The number of nitrogens with zero attached hydrogens (tertiary/aromatic N) is 1. The molecule has 7 nitrogen and oxygen atoms in total. The SMILES string of the molecule is C=C/C(=C\C)C[N+](C)(C)c1ccccc1.COS(=O)(=O)c1ccccc1/C=C/c1ccc(-c2ccc(/C=C/c3ccccc3S(=O)(=O)OC)cc2)cc1. The van der Waals surface area contributed by atoms with Crippen molar-refractivity contribution >= 4 is 50.2 Å². The lowest BCUT2D eigenvalue weighted by atomic mass is 10.0. The Morgan fingerprint density at radius 3 is 1.36 bits per heavy atom. The van der Waals surface area contributed by atoms with E-state index < -0.39 is 20.2 Å². The fourth-order valence-electron chi connectivity index (χ4n) is 5.47. The van der Waals surface area contributed by atoms with Gasteiger partial charge in [-0.15, -0.1) is 0 Å².